The molecule has 0 N–H and O–H groups in total. The van der Waals surface area contributed by atoms with E-state index in [1.807, 2.05) is 53.0 Å². The van der Waals surface area contributed by atoms with Gasteiger partial charge in [-0.25, -0.2) is 0 Å². The van der Waals surface area contributed by atoms with Crippen molar-refractivity contribution >= 4 is 24.9 Å². The fourth-order valence-electron chi connectivity index (χ4n) is 2.07. The number of aliphatic imine (C=N–C) groups is 4. The molecular formula is C15H28N4. The summed E-state index contributed by atoms with van der Waals surface area (Å²) in [7, 11) is 7.32. The second-order valence-electron chi connectivity index (χ2n) is 4.67. The van der Waals surface area contributed by atoms with E-state index in [-0.39, 0.29) is 0 Å². The highest BCUT2D eigenvalue weighted by molar-refractivity contribution is 5.62. The van der Waals surface area contributed by atoms with Crippen molar-refractivity contribution in [3.8, 4) is 0 Å². The van der Waals surface area contributed by atoms with Crippen LogP contribution in [0.4, 0.5) is 0 Å². The van der Waals surface area contributed by atoms with E-state index in [0.29, 0.717) is 11.8 Å². The van der Waals surface area contributed by atoms with Gasteiger partial charge >= 0.3 is 0 Å². The largest absolute Gasteiger partial charge is 0.301 e. The van der Waals surface area contributed by atoms with Crippen LogP contribution in [0.25, 0.3) is 0 Å². The van der Waals surface area contributed by atoms with Crippen molar-refractivity contribution in [2.45, 2.75) is 32.1 Å². The van der Waals surface area contributed by atoms with Crippen molar-refractivity contribution in [1.29, 1.82) is 0 Å². The lowest BCUT2D eigenvalue weighted by Gasteiger charge is -2.19. The average molecular weight is 264 g/mol. The molecule has 0 amide bonds. The van der Waals surface area contributed by atoms with Gasteiger partial charge in [-0.05, 0) is 68.8 Å². The Kier molecular flexibility index (Phi) is 12.2. The quantitative estimate of drug-likeness (QED) is 0.545. The topological polar surface area (TPSA) is 49.4 Å². The second-order valence-corrected chi connectivity index (χ2v) is 4.67. The predicted molar refractivity (Wildman–Crippen MR) is 87.7 cm³/mol. The summed E-state index contributed by atoms with van der Waals surface area (Å²) >= 11 is 0. The molecule has 0 aromatic rings. The molecule has 4 nitrogen and oxygen atoms in total. The first-order valence-corrected chi connectivity index (χ1v) is 6.90. The van der Waals surface area contributed by atoms with Gasteiger partial charge in [-0.15, -0.1) is 0 Å². The van der Waals surface area contributed by atoms with Crippen LogP contribution in [0.5, 0.6) is 0 Å². The van der Waals surface area contributed by atoms with Crippen LogP contribution in [-0.4, -0.2) is 53.0 Å². The molecule has 0 aromatic heterocycles. The smallest absolute Gasteiger partial charge is 0.0273 e. The number of nitrogens with zero attached hydrogens (tertiary/aromatic N) is 4. The van der Waals surface area contributed by atoms with Crippen LogP contribution >= 0.6 is 0 Å². The van der Waals surface area contributed by atoms with Gasteiger partial charge in [0.05, 0.1) is 0 Å². The number of rotatable bonds is 10. The first-order chi connectivity index (χ1) is 9.28. The van der Waals surface area contributed by atoms with Gasteiger partial charge in [-0.2, -0.15) is 0 Å². The van der Waals surface area contributed by atoms with Gasteiger partial charge in [0.25, 0.3) is 0 Å². The number of hydrogen-bond donors (Lipinski definition) is 0. The summed E-state index contributed by atoms with van der Waals surface area (Å²) in [5.74, 6) is 1.21. The summed E-state index contributed by atoms with van der Waals surface area (Å²) in [5.41, 5.74) is 0. The van der Waals surface area contributed by atoms with Crippen LogP contribution in [0, 0.1) is 11.8 Å². The Morgan fingerprint density at radius 1 is 0.579 bits per heavy atom. The minimum atomic E-state index is 0.605. The molecule has 0 saturated heterocycles. The zero-order chi connectivity index (χ0) is 14.3. The van der Waals surface area contributed by atoms with Crippen LogP contribution in [0.3, 0.4) is 0 Å². The fourth-order valence-corrected chi connectivity index (χ4v) is 2.07. The van der Waals surface area contributed by atoms with Gasteiger partial charge in [0.1, 0.15) is 0 Å². The van der Waals surface area contributed by atoms with Crippen LogP contribution in [0.1, 0.15) is 32.1 Å². The third-order valence-corrected chi connectivity index (χ3v) is 3.15. The van der Waals surface area contributed by atoms with Crippen molar-refractivity contribution in [1.82, 2.24) is 0 Å². The summed E-state index contributed by atoms with van der Waals surface area (Å²) in [6, 6.07) is 0. The maximum atomic E-state index is 4.09. The molecule has 0 saturated carbocycles. The van der Waals surface area contributed by atoms with E-state index >= 15 is 0 Å². The highest BCUT2D eigenvalue weighted by Crippen LogP contribution is 2.22. The molecule has 4 heteroatoms. The Balaban J connectivity index is 4.48. The Bertz CT molecular complexity index is 247. The molecule has 0 aliphatic heterocycles. The van der Waals surface area contributed by atoms with Crippen LogP contribution < -0.4 is 0 Å². The molecule has 19 heavy (non-hydrogen) atoms. The molecule has 0 spiro atoms. The van der Waals surface area contributed by atoms with Gasteiger partial charge in [0.15, 0.2) is 0 Å². The molecule has 0 bridgehead atoms. The van der Waals surface area contributed by atoms with E-state index < -0.39 is 0 Å². The summed E-state index contributed by atoms with van der Waals surface area (Å²) in [6.45, 7) is 0. The monoisotopic (exact) mass is 264 g/mol. The van der Waals surface area contributed by atoms with E-state index in [2.05, 4.69) is 20.0 Å². The van der Waals surface area contributed by atoms with E-state index in [4.69, 9.17) is 0 Å². The molecular weight excluding hydrogens is 236 g/mol. The molecule has 0 aliphatic carbocycles. The van der Waals surface area contributed by atoms with Crippen molar-refractivity contribution < 1.29 is 0 Å². The molecule has 0 aliphatic rings. The Labute approximate surface area is 117 Å². The first-order valence-electron chi connectivity index (χ1n) is 6.90. The van der Waals surface area contributed by atoms with E-state index in [9.17, 15) is 0 Å². The summed E-state index contributed by atoms with van der Waals surface area (Å²) in [4.78, 5) is 16.4. The Morgan fingerprint density at radius 3 is 1.05 bits per heavy atom. The van der Waals surface area contributed by atoms with E-state index in [0.717, 1.165) is 32.1 Å². The van der Waals surface area contributed by atoms with Crippen molar-refractivity contribution in [2.24, 2.45) is 31.8 Å². The Morgan fingerprint density at radius 2 is 0.842 bits per heavy atom. The summed E-state index contributed by atoms with van der Waals surface area (Å²) < 4.78 is 0. The van der Waals surface area contributed by atoms with E-state index in [1.54, 1.807) is 0 Å². The molecule has 0 aromatic carbocycles. The molecule has 0 radical (unpaired) electrons. The highest BCUT2D eigenvalue weighted by atomic mass is 14.7. The van der Waals surface area contributed by atoms with E-state index in [1.165, 1.54) is 0 Å². The van der Waals surface area contributed by atoms with Crippen LogP contribution in [-0.2, 0) is 0 Å². The zero-order valence-electron chi connectivity index (χ0n) is 12.8. The highest BCUT2D eigenvalue weighted by Gasteiger charge is 2.14. The van der Waals surface area contributed by atoms with Crippen LogP contribution in [0.2, 0.25) is 0 Å². The minimum absolute atomic E-state index is 0.605. The third-order valence-electron chi connectivity index (χ3n) is 3.15. The van der Waals surface area contributed by atoms with Gasteiger partial charge < -0.3 is 20.0 Å². The molecule has 0 unspecified atom stereocenters. The molecule has 0 heterocycles. The molecule has 108 valence electrons. The lowest BCUT2D eigenvalue weighted by atomic mass is 9.87. The molecule has 0 rings (SSSR count). The molecule has 0 fully saturated rings. The summed E-state index contributed by atoms with van der Waals surface area (Å²) in [5, 5.41) is 0. The third kappa shape index (κ3) is 10.3. The van der Waals surface area contributed by atoms with Crippen molar-refractivity contribution in [3.05, 3.63) is 0 Å². The number of hydrogen-bond acceptors (Lipinski definition) is 4. The van der Waals surface area contributed by atoms with Crippen molar-refractivity contribution in [2.75, 3.05) is 28.2 Å². The standard InChI is InChI=1S/C15H28N4/c1-16-9-5-14(6-10-17-2)13-15(7-11-18-3)8-12-19-4/h9-12,14-15H,5-8,13H2,1-4H3. The maximum absolute atomic E-state index is 4.09. The lowest BCUT2D eigenvalue weighted by molar-refractivity contribution is 0.407. The van der Waals surface area contributed by atoms with Gasteiger partial charge in [-0.3, -0.25) is 0 Å². The SMILES string of the molecule is CN=CCC(CC=NC)CC(CC=NC)CC=NC. The van der Waals surface area contributed by atoms with Gasteiger partial charge in [0.2, 0.25) is 0 Å². The normalized spacial score (nSPS) is 16.2. The van der Waals surface area contributed by atoms with Crippen molar-refractivity contribution in [3.63, 3.8) is 0 Å². The lowest BCUT2D eigenvalue weighted by Crippen LogP contribution is -2.12. The first kappa shape index (κ1) is 17.7. The predicted octanol–water partition coefficient (Wildman–Crippen LogP) is 2.97. The average Bonchev–Trinajstić information content (AvgIpc) is 2.44. The summed E-state index contributed by atoms with van der Waals surface area (Å²) in [6.07, 6.45) is 13.3. The van der Waals surface area contributed by atoms with Gasteiger partial charge in [-0.1, -0.05) is 0 Å². The Hall–Kier alpha value is -1.32. The fraction of sp³-hybridized carbons (Fsp3) is 0.733. The molecule has 0 atom stereocenters. The minimum Gasteiger partial charge on any atom is -0.301 e. The zero-order valence-corrected chi connectivity index (χ0v) is 12.8. The van der Waals surface area contributed by atoms with Crippen LogP contribution in [0.15, 0.2) is 20.0 Å². The second kappa shape index (κ2) is 13.1. The van der Waals surface area contributed by atoms with Gasteiger partial charge in [0, 0.05) is 28.2 Å². The maximum Gasteiger partial charge on any atom is 0.0273 e.